The van der Waals surface area contributed by atoms with Crippen LogP contribution in [0.3, 0.4) is 0 Å². The number of carbonyl (C=O) groups excluding carboxylic acids is 1. The molecule has 1 aliphatic rings. The number of hydrogen-bond acceptors (Lipinski definition) is 8. The summed E-state index contributed by atoms with van der Waals surface area (Å²) in [4.78, 5) is 16.8. The molecule has 3 heterocycles. The minimum Gasteiger partial charge on any atom is -0.497 e. The van der Waals surface area contributed by atoms with Gasteiger partial charge >= 0.3 is 0 Å². The summed E-state index contributed by atoms with van der Waals surface area (Å²) in [5.41, 5.74) is 1.73. The largest absolute Gasteiger partial charge is 0.497 e. The Morgan fingerprint density at radius 3 is 2.93 bits per heavy atom. The average Bonchev–Trinajstić information content (AvgIpc) is 3.43. The highest BCUT2D eigenvalue weighted by atomic mass is 32.1. The molecule has 0 aliphatic carbocycles. The predicted octanol–water partition coefficient (Wildman–Crippen LogP) is 3.70. The third kappa shape index (κ3) is 4.32. The SMILES string of the molecule is COc1ccc(-c2nc(CC(=O)Nc3nnc(C4CCCO4)s3)cs2)cc1. The molecule has 0 saturated carbocycles. The molecule has 1 amide bonds. The maximum absolute atomic E-state index is 12.3. The van der Waals surface area contributed by atoms with Crippen LogP contribution < -0.4 is 10.1 Å². The molecule has 2 aromatic heterocycles. The fourth-order valence-corrected chi connectivity index (χ4v) is 4.44. The van der Waals surface area contributed by atoms with Gasteiger partial charge in [-0.25, -0.2) is 4.98 Å². The van der Waals surface area contributed by atoms with Gasteiger partial charge in [-0.2, -0.15) is 0 Å². The van der Waals surface area contributed by atoms with Crippen LogP contribution in [0.1, 0.15) is 29.6 Å². The van der Waals surface area contributed by atoms with Gasteiger partial charge in [0, 0.05) is 17.6 Å². The molecule has 4 rings (SSSR count). The number of rotatable bonds is 6. The highest BCUT2D eigenvalue weighted by Gasteiger charge is 2.22. The van der Waals surface area contributed by atoms with Crippen molar-refractivity contribution in [3.05, 3.63) is 40.3 Å². The van der Waals surface area contributed by atoms with Gasteiger partial charge in [-0.1, -0.05) is 11.3 Å². The van der Waals surface area contributed by atoms with Crippen molar-refractivity contribution in [3.63, 3.8) is 0 Å². The molecular weight excluding hydrogens is 384 g/mol. The number of ether oxygens (including phenoxy) is 2. The molecule has 7 nitrogen and oxygen atoms in total. The van der Waals surface area contributed by atoms with Gasteiger partial charge in [0.15, 0.2) is 0 Å². The highest BCUT2D eigenvalue weighted by Crippen LogP contribution is 2.32. The van der Waals surface area contributed by atoms with Gasteiger partial charge in [-0.05, 0) is 37.1 Å². The molecule has 1 fully saturated rings. The second-order valence-electron chi connectivity index (χ2n) is 6.04. The van der Waals surface area contributed by atoms with Gasteiger partial charge in [0.05, 0.1) is 19.2 Å². The minimum atomic E-state index is -0.156. The molecule has 9 heteroatoms. The van der Waals surface area contributed by atoms with Crippen molar-refractivity contribution in [1.82, 2.24) is 15.2 Å². The number of carbonyl (C=O) groups is 1. The number of anilines is 1. The lowest BCUT2D eigenvalue weighted by Gasteiger charge is -2.02. The smallest absolute Gasteiger partial charge is 0.232 e. The monoisotopic (exact) mass is 402 g/mol. The number of nitrogens with zero attached hydrogens (tertiary/aromatic N) is 3. The van der Waals surface area contributed by atoms with Crippen molar-refractivity contribution in [1.29, 1.82) is 0 Å². The number of thiazole rings is 1. The maximum Gasteiger partial charge on any atom is 0.232 e. The summed E-state index contributed by atoms with van der Waals surface area (Å²) < 4.78 is 10.8. The number of benzene rings is 1. The van der Waals surface area contributed by atoms with Crippen LogP contribution in [0.5, 0.6) is 5.75 Å². The van der Waals surface area contributed by atoms with E-state index in [0.717, 1.165) is 46.5 Å². The third-order valence-corrected chi connectivity index (χ3v) is 5.99. The lowest BCUT2D eigenvalue weighted by Crippen LogP contribution is -2.14. The van der Waals surface area contributed by atoms with Crippen LogP contribution in [0.2, 0.25) is 0 Å². The van der Waals surface area contributed by atoms with Crippen molar-refractivity contribution in [2.24, 2.45) is 0 Å². The summed E-state index contributed by atoms with van der Waals surface area (Å²) in [6, 6.07) is 7.69. The van der Waals surface area contributed by atoms with E-state index < -0.39 is 0 Å². The predicted molar refractivity (Wildman–Crippen MR) is 104 cm³/mol. The first-order valence-electron chi connectivity index (χ1n) is 8.55. The van der Waals surface area contributed by atoms with Crippen molar-refractivity contribution < 1.29 is 14.3 Å². The van der Waals surface area contributed by atoms with E-state index in [9.17, 15) is 4.79 Å². The van der Waals surface area contributed by atoms with Crippen LogP contribution in [-0.4, -0.2) is 34.8 Å². The average molecular weight is 403 g/mol. The van der Waals surface area contributed by atoms with Gasteiger partial charge < -0.3 is 14.8 Å². The number of methoxy groups -OCH3 is 1. The molecule has 3 aromatic rings. The molecule has 140 valence electrons. The topological polar surface area (TPSA) is 86.2 Å². The van der Waals surface area contributed by atoms with Crippen molar-refractivity contribution >= 4 is 33.7 Å². The molecule has 1 unspecified atom stereocenters. The van der Waals surface area contributed by atoms with E-state index >= 15 is 0 Å². The standard InChI is InChI=1S/C18H18N4O3S2/c1-24-13-6-4-11(5-7-13)16-19-12(10-26-16)9-15(23)20-18-22-21-17(27-18)14-3-2-8-25-14/h4-7,10,14H,2-3,8-9H2,1H3,(H,20,22,23). The summed E-state index contributed by atoms with van der Waals surface area (Å²) in [7, 11) is 1.64. The highest BCUT2D eigenvalue weighted by molar-refractivity contribution is 7.15. The van der Waals surface area contributed by atoms with Crippen molar-refractivity contribution in [2.75, 3.05) is 19.0 Å². The molecular formula is C18H18N4O3S2. The van der Waals surface area contributed by atoms with E-state index in [4.69, 9.17) is 9.47 Å². The second-order valence-corrected chi connectivity index (χ2v) is 7.91. The molecule has 0 spiro atoms. The van der Waals surface area contributed by atoms with Crippen LogP contribution in [0.15, 0.2) is 29.6 Å². The fourth-order valence-electron chi connectivity index (χ4n) is 2.77. The maximum atomic E-state index is 12.3. The van der Waals surface area contributed by atoms with Crippen LogP contribution >= 0.6 is 22.7 Å². The summed E-state index contributed by atoms with van der Waals surface area (Å²) in [6.07, 6.45) is 2.20. The van der Waals surface area contributed by atoms with Crippen LogP contribution in [-0.2, 0) is 16.0 Å². The Balaban J connectivity index is 1.36. The first-order valence-corrected chi connectivity index (χ1v) is 10.2. The van der Waals surface area contributed by atoms with E-state index in [1.807, 2.05) is 29.6 Å². The lowest BCUT2D eigenvalue weighted by molar-refractivity contribution is -0.115. The summed E-state index contributed by atoms with van der Waals surface area (Å²) in [6.45, 7) is 0.756. The number of nitrogens with one attached hydrogen (secondary N) is 1. The van der Waals surface area contributed by atoms with Crippen LogP contribution in [0.4, 0.5) is 5.13 Å². The summed E-state index contributed by atoms with van der Waals surface area (Å²) >= 11 is 2.88. The zero-order valence-electron chi connectivity index (χ0n) is 14.7. The lowest BCUT2D eigenvalue weighted by atomic mass is 10.2. The van der Waals surface area contributed by atoms with Crippen molar-refractivity contribution in [3.8, 4) is 16.3 Å². The molecule has 0 bridgehead atoms. The molecule has 1 aromatic carbocycles. The third-order valence-electron chi connectivity index (χ3n) is 4.12. The van der Waals surface area contributed by atoms with E-state index in [0.29, 0.717) is 5.13 Å². The zero-order chi connectivity index (χ0) is 18.6. The fraction of sp³-hybridized carbons (Fsp3) is 0.333. The molecule has 1 aliphatic heterocycles. The number of amides is 1. The van der Waals surface area contributed by atoms with Gasteiger partial charge in [0.25, 0.3) is 0 Å². The molecule has 1 atom stereocenters. The molecule has 27 heavy (non-hydrogen) atoms. The van der Waals surface area contributed by atoms with Gasteiger partial charge in [-0.3, -0.25) is 4.79 Å². The minimum absolute atomic E-state index is 0.0127. The van der Waals surface area contributed by atoms with E-state index in [1.54, 1.807) is 7.11 Å². The Morgan fingerprint density at radius 2 is 2.19 bits per heavy atom. The molecule has 1 saturated heterocycles. The summed E-state index contributed by atoms with van der Waals surface area (Å²) in [5.74, 6) is 0.644. The van der Waals surface area contributed by atoms with E-state index in [2.05, 4.69) is 20.5 Å². The number of hydrogen-bond donors (Lipinski definition) is 1. The van der Waals surface area contributed by atoms with Gasteiger partial charge in [0.1, 0.15) is 21.9 Å². The van der Waals surface area contributed by atoms with Gasteiger partial charge in [0.2, 0.25) is 11.0 Å². The first kappa shape index (κ1) is 18.0. The van der Waals surface area contributed by atoms with E-state index in [1.165, 1.54) is 22.7 Å². The van der Waals surface area contributed by atoms with Crippen LogP contribution in [0, 0.1) is 0 Å². The Bertz CT molecular complexity index is 917. The Labute approximate surface area is 164 Å². The first-order chi connectivity index (χ1) is 13.2. The quantitative estimate of drug-likeness (QED) is 0.677. The molecule has 1 N–H and O–H groups in total. The summed E-state index contributed by atoms with van der Waals surface area (Å²) in [5, 5.41) is 15.0. The second kappa shape index (κ2) is 8.12. The Kier molecular flexibility index (Phi) is 5.42. The van der Waals surface area contributed by atoms with E-state index in [-0.39, 0.29) is 18.4 Å². The molecule has 0 radical (unpaired) electrons. The van der Waals surface area contributed by atoms with Gasteiger partial charge in [-0.15, -0.1) is 21.5 Å². The zero-order valence-corrected chi connectivity index (χ0v) is 16.3. The normalized spacial score (nSPS) is 16.4. The Hall–Kier alpha value is -2.36. The van der Waals surface area contributed by atoms with Crippen molar-refractivity contribution in [2.45, 2.75) is 25.4 Å². The Morgan fingerprint density at radius 1 is 1.33 bits per heavy atom. The number of aromatic nitrogens is 3. The van der Waals surface area contributed by atoms with Crippen LogP contribution in [0.25, 0.3) is 10.6 Å².